The van der Waals surface area contributed by atoms with Gasteiger partial charge in [0.25, 0.3) is 5.91 Å². The molecule has 1 aromatic heterocycles. The molecule has 8 heteroatoms. The van der Waals surface area contributed by atoms with Crippen molar-refractivity contribution in [1.29, 1.82) is 0 Å². The van der Waals surface area contributed by atoms with Crippen LogP contribution in [0.5, 0.6) is 0 Å². The number of nitrogens with one attached hydrogen (secondary N) is 1. The minimum absolute atomic E-state index is 0.0846. The number of hydrogen-bond donors (Lipinski definition) is 1. The minimum atomic E-state index is -0.181. The van der Waals surface area contributed by atoms with Crippen molar-refractivity contribution >= 4 is 17.8 Å². The van der Waals surface area contributed by atoms with Crippen molar-refractivity contribution in [3.63, 3.8) is 0 Å². The van der Waals surface area contributed by atoms with Gasteiger partial charge in [0.15, 0.2) is 0 Å². The first-order valence-electron chi connectivity index (χ1n) is 8.24. The van der Waals surface area contributed by atoms with Gasteiger partial charge in [0.1, 0.15) is 5.69 Å². The maximum Gasteiger partial charge on any atom is 0.270 e. The minimum Gasteiger partial charge on any atom is -0.351 e. The monoisotopic (exact) mass is 334 g/mol. The van der Waals surface area contributed by atoms with E-state index < -0.39 is 0 Å². The summed E-state index contributed by atoms with van der Waals surface area (Å²) in [6.07, 6.45) is 2.50. The Labute approximate surface area is 142 Å². The second kappa shape index (κ2) is 8.58. The highest BCUT2D eigenvalue weighted by Gasteiger charge is 2.21. The van der Waals surface area contributed by atoms with E-state index in [1.807, 2.05) is 19.0 Å². The summed E-state index contributed by atoms with van der Waals surface area (Å²) in [6, 6.07) is 1.62. The third kappa shape index (κ3) is 5.16. The normalized spacial score (nSPS) is 14.8. The standard InChI is InChI=1S/C16H26N6O2/c1-13(23)21-9-11-22(12-10-21)16-18-7-5-14(19-16)15(24)17-6-4-8-20(2)3/h5,7H,4,6,8-12H2,1-3H3,(H,17,24). The fourth-order valence-electron chi connectivity index (χ4n) is 2.54. The molecule has 0 bridgehead atoms. The van der Waals surface area contributed by atoms with E-state index in [0.29, 0.717) is 44.4 Å². The number of aromatic nitrogens is 2. The average Bonchev–Trinajstić information content (AvgIpc) is 2.58. The molecule has 0 spiro atoms. The van der Waals surface area contributed by atoms with Crippen LogP contribution in [0.3, 0.4) is 0 Å². The van der Waals surface area contributed by atoms with Crippen LogP contribution < -0.4 is 10.2 Å². The van der Waals surface area contributed by atoms with Gasteiger partial charge in [-0.25, -0.2) is 9.97 Å². The Morgan fingerprint density at radius 3 is 2.58 bits per heavy atom. The zero-order chi connectivity index (χ0) is 17.5. The molecule has 0 unspecified atom stereocenters. The number of carbonyl (C=O) groups is 2. The van der Waals surface area contributed by atoms with Gasteiger partial charge in [-0.05, 0) is 33.1 Å². The third-order valence-electron chi connectivity index (χ3n) is 3.95. The van der Waals surface area contributed by atoms with Crippen molar-refractivity contribution in [3.05, 3.63) is 18.0 Å². The van der Waals surface area contributed by atoms with E-state index in [9.17, 15) is 9.59 Å². The van der Waals surface area contributed by atoms with Gasteiger partial charge in [-0.1, -0.05) is 0 Å². The highest BCUT2D eigenvalue weighted by molar-refractivity contribution is 5.92. The molecule has 8 nitrogen and oxygen atoms in total. The van der Waals surface area contributed by atoms with E-state index in [0.717, 1.165) is 13.0 Å². The Kier molecular flexibility index (Phi) is 6.48. The van der Waals surface area contributed by atoms with Gasteiger partial charge in [-0.15, -0.1) is 0 Å². The third-order valence-corrected chi connectivity index (χ3v) is 3.95. The van der Waals surface area contributed by atoms with Crippen LogP contribution >= 0.6 is 0 Å². The highest BCUT2D eigenvalue weighted by atomic mass is 16.2. The molecular formula is C16H26N6O2. The van der Waals surface area contributed by atoms with Gasteiger partial charge in [-0.2, -0.15) is 0 Å². The van der Waals surface area contributed by atoms with Gasteiger partial charge >= 0.3 is 0 Å². The van der Waals surface area contributed by atoms with Crippen molar-refractivity contribution in [2.45, 2.75) is 13.3 Å². The van der Waals surface area contributed by atoms with Crippen molar-refractivity contribution in [3.8, 4) is 0 Å². The second-order valence-corrected chi connectivity index (χ2v) is 6.15. The first kappa shape index (κ1) is 18.1. The molecule has 0 radical (unpaired) electrons. The molecule has 24 heavy (non-hydrogen) atoms. The molecule has 1 fully saturated rings. The summed E-state index contributed by atoms with van der Waals surface area (Å²) in [4.78, 5) is 38.1. The smallest absolute Gasteiger partial charge is 0.270 e. The first-order valence-corrected chi connectivity index (χ1v) is 8.24. The van der Waals surface area contributed by atoms with Crippen LogP contribution in [-0.2, 0) is 4.79 Å². The SMILES string of the molecule is CC(=O)N1CCN(c2nccc(C(=O)NCCCN(C)C)n2)CC1. The number of hydrogen-bond acceptors (Lipinski definition) is 6. The molecule has 1 aliphatic heterocycles. The molecule has 2 rings (SSSR count). The molecular weight excluding hydrogens is 308 g/mol. The van der Waals surface area contributed by atoms with Crippen molar-refractivity contribution in [2.24, 2.45) is 0 Å². The van der Waals surface area contributed by atoms with E-state index in [1.165, 1.54) is 0 Å². The van der Waals surface area contributed by atoms with Gasteiger partial charge < -0.3 is 20.0 Å². The van der Waals surface area contributed by atoms with E-state index in [1.54, 1.807) is 24.1 Å². The van der Waals surface area contributed by atoms with Crippen LogP contribution in [0.1, 0.15) is 23.8 Å². The number of piperazine rings is 1. The number of amides is 2. The molecule has 1 aromatic rings. The molecule has 0 aromatic carbocycles. The Morgan fingerprint density at radius 2 is 1.96 bits per heavy atom. The van der Waals surface area contributed by atoms with E-state index in [2.05, 4.69) is 20.2 Å². The Bertz CT molecular complexity index is 569. The summed E-state index contributed by atoms with van der Waals surface area (Å²) in [5.41, 5.74) is 0.374. The quantitative estimate of drug-likeness (QED) is 0.727. The first-order chi connectivity index (χ1) is 11.5. The summed E-state index contributed by atoms with van der Waals surface area (Å²) in [6.45, 7) is 5.77. The Hall–Kier alpha value is -2.22. The molecule has 0 saturated carbocycles. The fraction of sp³-hybridized carbons (Fsp3) is 0.625. The van der Waals surface area contributed by atoms with Gasteiger partial charge in [0, 0.05) is 45.8 Å². The molecule has 132 valence electrons. The Morgan fingerprint density at radius 1 is 1.25 bits per heavy atom. The zero-order valence-electron chi connectivity index (χ0n) is 14.7. The molecule has 2 heterocycles. The lowest BCUT2D eigenvalue weighted by atomic mass is 10.3. The Balaban J connectivity index is 1.89. The number of carbonyl (C=O) groups excluding carboxylic acids is 2. The van der Waals surface area contributed by atoms with Crippen LogP contribution in [0.15, 0.2) is 12.3 Å². The maximum absolute atomic E-state index is 12.2. The topological polar surface area (TPSA) is 81.7 Å². The van der Waals surface area contributed by atoms with Crippen molar-refractivity contribution in [1.82, 2.24) is 25.1 Å². The maximum atomic E-state index is 12.2. The van der Waals surface area contributed by atoms with Crippen LogP contribution in [0.2, 0.25) is 0 Å². The van der Waals surface area contributed by atoms with E-state index in [4.69, 9.17) is 0 Å². The zero-order valence-corrected chi connectivity index (χ0v) is 14.7. The summed E-state index contributed by atoms with van der Waals surface area (Å²) < 4.78 is 0. The predicted octanol–water partition coefficient (Wildman–Crippen LogP) is -0.173. The molecule has 0 atom stereocenters. The summed E-state index contributed by atoms with van der Waals surface area (Å²) in [7, 11) is 4.01. The lowest BCUT2D eigenvalue weighted by molar-refractivity contribution is -0.129. The second-order valence-electron chi connectivity index (χ2n) is 6.15. The molecule has 0 aliphatic carbocycles. The lowest BCUT2D eigenvalue weighted by Gasteiger charge is -2.34. The number of anilines is 1. The van der Waals surface area contributed by atoms with Crippen molar-refractivity contribution in [2.75, 3.05) is 58.3 Å². The average molecular weight is 334 g/mol. The summed E-state index contributed by atoms with van der Waals surface area (Å²) >= 11 is 0. The fourth-order valence-corrected chi connectivity index (χ4v) is 2.54. The van der Waals surface area contributed by atoms with Crippen LogP contribution in [0.25, 0.3) is 0 Å². The van der Waals surface area contributed by atoms with Crippen LogP contribution in [0, 0.1) is 0 Å². The van der Waals surface area contributed by atoms with Gasteiger partial charge in [0.2, 0.25) is 11.9 Å². The molecule has 1 aliphatic rings. The highest BCUT2D eigenvalue weighted by Crippen LogP contribution is 2.11. The predicted molar refractivity (Wildman–Crippen MR) is 92.0 cm³/mol. The number of rotatable bonds is 6. The van der Waals surface area contributed by atoms with Gasteiger partial charge in [0.05, 0.1) is 0 Å². The molecule has 2 amide bonds. The lowest BCUT2D eigenvalue weighted by Crippen LogP contribution is -2.48. The largest absolute Gasteiger partial charge is 0.351 e. The molecule has 1 N–H and O–H groups in total. The van der Waals surface area contributed by atoms with Crippen LogP contribution in [0.4, 0.5) is 5.95 Å². The van der Waals surface area contributed by atoms with E-state index >= 15 is 0 Å². The molecule has 1 saturated heterocycles. The van der Waals surface area contributed by atoms with E-state index in [-0.39, 0.29) is 11.8 Å². The van der Waals surface area contributed by atoms with Crippen LogP contribution in [-0.4, -0.2) is 84.9 Å². The summed E-state index contributed by atoms with van der Waals surface area (Å²) in [5, 5.41) is 2.88. The number of nitrogens with zero attached hydrogens (tertiary/aromatic N) is 5. The summed E-state index contributed by atoms with van der Waals surface area (Å²) in [5.74, 6) is 0.445. The van der Waals surface area contributed by atoms with Crippen molar-refractivity contribution < 1.29 is 9.59 Å². The van der Waals surface area contributed by atoms with Gasteiger partial charge in [-0.3, -0.25) is 9.59 Å².